The summed E-state index contributed by atoms with van der Waals surface area (Å²) in [7, 11) is 0. The van der Waals surface area contributed by atoms with Crippen molar-refractivity contribution in [2.45, 2.75) is 13.8 Å². The fourth-order valence-corrected chi connectivity index (χ4v) is 2.10. The summed E-state index contributed by atoms with van der Waals surface area (Å²) in [6, 6.07) is 8.66. The molecule has 0 radical (unpaired) electrons. The van der Waals surface area contributed by atoms with Crippen LogP contribution in [0.5, 0.6) is 0 Å². The van der Waals surface area contributed by atoms with Crippen LogP contribution >= 0.6 is 0 Å². The summed E-state index contributed by atoms with van der Waals surface area (Å²) in [5.41, 5.74) is 3.26. The zero-order valence-electron chi connectivity index (χ0n) is 12.1. The van der Waals surface area contributed by atoms with Crippen molar-refractivity contribution in [2.24, 2.45) is 0 Å². The van der Waals surface area contributed by atoms with E-state index in [1.165, 1.54) is 6.07 Å². The van der Waals surface area contributed by atoms with E-state index in [0.717, 1.165) is 11.3 Å². The minimum atomic E-state index is -0.955. The summed E-state index contributed by atoms with van der Waals surface area (Å²) in [6.07, 6.45) is 1.67. The monoisotopic (exact) mass is 295 g/mol. The van der Waals surface area contributed by atoms with Gasteiger partial charge in [0.15, 0.2) is 0 Å². The van der Waals surface area contributed by atoms with E-state index < -0.39 is 5.97 Å². The van der Waals surface area contributed by atoms with Gasteiger partial charge in [0.2, 0.25) is 5.82 Å². The molecule has 1 aromatic carbocycles. The summed E-state index contributed by atoms with van der Waals surface area (Å²) in [5.74, 6) is -0.165. The zero-order chi connectivity index (χ0) is 15.7. The van der Waals surface area contributed by atoms with Crippen LogP contribution in [-0.4, -0.2) is 26.2 Å². The van der Waals surface area contributed by atoms with Crippen LogP contribution in [0.4, 0.5) is 0 Å². The maximum absolute atomic E-state index is 11.0. The molecular formula is C16H13N3O3. The lowest BCUT2D eigenvalue weighted by molar-refractivity contribution is 0.0696. The van der Waals surface area contributed by atoms with E-state index in [1.807, 2.05) is 19.1 Å². The highest BCUT2D eigenvalue weighted by atomic mass is 16.5. The van der Waals surface area contributed by atoms with Crippen molar-refractivity contribution in [1.29, 1.82) is 0 Å². The molecule has 22 heavy (non-hydrogen) atoms. The van der Waals surface area contributed by atoms with Gasteiger partial charge in [-0.15, -0.1) is 0 Å². The van der Waals surface area contributed by atoms with Gasteiger partial charge in [-0.05, 0) is 43.7 Å². The van der Waals surface area contributed by atoms with E-state index >= 15 is 0 Å². The molecule has 1 N–H and O–H groups in total. The highest BCUT2D eigenvalue weighted by molar-refractivity contribution is 5.90. The molecular weight excluding hydrogens is 282 g/mol. The summed E-state index contributed by atoms with van der Waals surface area (Å²) < 4.78 is 5.25. The van der Waals surface area contributed by atoms with Crippen molar-refractivity contribution in [3.63, 3.8) is 0 Å². The molecule has 0 saturated heterocycles. The number of aromatic carboxylic acids is 1. The van der Waals surface area contributed by atoms with Crippen molar-refractivity contribution >= 4 is 5.97 Å². The maximum Gasteiger partial charge on any atom is 0.335 e. The summed E-state index contributed by atoms with van der Waals surface area (Å²) in [6.45, 7) is 3.63. The quantitative estimate of drug-likeness (QED) is 0.798. The number of pyridine rings is 1. The number of hydrogen-bond acceptors (Lipinski definition) is 5. The van der Waals surface area contributed by atoms with Crippen LogP contribution in [0.15, 0.2) is 41.1 Å². The molecule has 0 aliphatic carbocycles. The Morgan fingerprint density at radius 2 is 1.91 bits per heavy atom. The molecule has 2 aromatic heterocycles. The van der Waals surface area contributed by atoms with Crippen LogP contribution in [0.1, 0.15) is 21.6 Å². The fraction of sp³-hybridized carbons (Fsp3) is 0.125. The molecule has 6 nitrogen and oxygen atoms in total. The number of benzene rings is 1. The first-order valence-electron chi connectivity index (χ1n) is 6.65. The SMILES string of the molecule is Cc1ccc(-c2nc(-c3ccc(C(=O)O)c(C)c3)no2)cn1. The Labute approximate surface area is 126 Å². The van der Waals surface area contributed by atoms with Crippen molar-refractivity contribution in [1.82, 2.24) is 15.1 Å². The molecule has 0 bridgehead atoms. The third kappa shape index (κ3) is 2.58. The van der Waals surface area contributed by atoms with E-state index in [-0.39, 0.29) is 5.56 Å². The Kier molecular flexibility index (Phi) is 3.42. The lowest BCUT2D eigenvalue weighted by atomic mass is 10.1. The standard InChI is InChI=1S/C16H13N3O3/c1-9-7-11(5-6-13(9)16(20)21)14-18-15(22-19-14)12-4-3-10(2)17-8-12/h3-8H,1-2H3,(H,20,21). The van der Waals surface area contributed by atoms with Crippen molar-refractivity contribution in [3.05, 3.63) is 53.3 Å². The summed E-state index contributed by atoms with van der Waals surface area (Å²) in [5, 5.41) is 13.0. The summed E-state index contributed by atoms with van der Waals surface area (Å²) >= 11 is 0. The minimum Gasteiger partial charge on any atom is -0.478 e. The predicted molar refractivity (Wildman–Crippen MR) is 79.4 cm³/mol. The Hall–Kier alpha value is -3.02. The van der Waals surface area contributed by atoms with Gasteiger partial charge < -0.3 is 9.63 Å². The third-order valence-electron chi connectivity index (χ3n) is 3.30. The summed E-state index contributed by atoms with van der Waals surface area (Å²) in [4.78, 5) is 19.5. The topological polar surface area (TPSA) is 89.1 Å². The number of nitrogens with zero attached hydrogens (tertiary/aromatic N) is 3. The number of rotatable bonds is 3. The van der Waals surface area contributed by atoms with Gasteiger partial charge in [-0.25, -0.2) is 4.79 Å². The number of aryl methyl sites for hydroxylation is 2. The van der Waals surface area contributed by atoms with E-state index in [9.17, 15) is 4.79 Å². The van der Waals surface area contributed by atoms with Crippen LogP contribution in [0.25, 0.3) is 22.8 Å². The number of hydrogen-bond donors (Lipinski definition) is 1. The molecule has 3 rings (SSSR count). The van der Waals surface area contributed by atoms with Crippen molar-refractivity contribution in [3.8, 4) is 22.8 Å². The highest BCUT2D eigenvalue weighted by Gasteiger charge is 2.13. The average Bonchev–Trinajstić information content (AvgIpc) is 2.97. The molecule has 0 aliphatic rings. The smallest absolute Gasteiger partial charge is 0.335 e. The molecule has 0 saturated carbocycles. The van der Waals surface area contributed by atoms with Gasteiger partial charge in [-0.2, -0.15) is 4.98 Å². The van der Waals surface area contributed by atoms with Crippen molar-refractivity contribution < 1.29 is 14.4 Å². The zero-order valence-corrected chi connectivity index (χ0v) is 12.1. The molecule has 0 unspecified atom stereocenters. The number of aromatic nitrogens is 3. The lowest BCUT2D eigenvalue weighted by Crippen LogP contribution is -1.99. The second kappa shape index (κ2) is 5.40. The highest BCUT2D eigenvalue weighted by Crippen LogP contribution is 2.23. The Morgan fingerprint density at radius 1 is 1.14 bits per heavy atom. The molecule has 110 valence electrons. The molecule has 0 aliphatic heterocycles. The van der Waals surface area contributed by atoms with E-state index in [2.05, 4.69) is 15.1 Å². The van der Waals surface area contributed by atoms with E-state index in [1.54, 1.807) is 25.3 Å². The van der Waals surface area contributed by atoms with Crippen LogP contribution < -0.4 is 0 Å². The Balaban J connectivity index is 1.95. The van der Waals surface area contributed by atoms with Crippen LogP contribution in [-0.2, 0) is 0 Å². The van der Waals surface area contributed by atoms with Gasteiger partial charge in [0, 0.05) is 17.5 Å². The first kappa shape index (κ1) is 13.9. The molecule has 3 aromatic rings. The van der Waals surface area contributed by atoms with Gasteiger partial charge in [0.05, 0.1) is 11.1 Å². The normalized spacial score (nSPS) is 10.6. The second-order valence-corrected chi connectivity index (χ2v) is 4.95. The van der Waals surface area contributed by atoms with Gasteiger partial charge in [0.25, 0.3) is 5.89 Å². The van der Waals surface area contributed by atoms with Gasteiger partial charge in [0.1, 0.15) is 0 Å². The first-order chi connectivity index (χ1) is 10.5. The second-order valence-electron chi connectivity index (χ2n) is 4.95. The molecule has 0 fully saturated rings. The number of carboxylic acids is 1. The third-order valence-corrected chi connectivity index (χ3v) is 3.30. The van der Waals surface area contributed by atoms with Crippen molar-refractivity contribution in [2.75, 3.05) is 0 Å². The molecule has 6 heteroatoms. The largest absolute Gasteiger partial charge is 0.478 e. The predicted octanol–water partition coefficient (Wildman–Crippen LogP) is 3.11. The molecule has 2 heterocycles. The minimum absolute atomic E-state index is 0.259. The number of carboxylic acid groups (broad SMARTS) is 1. The Bertz CT molecular complexity index is 838. The van der Waals surface area contributed by atoms with Crippen LogP contribution in [0, 0.1) is 13.8 Å². The van der Waals surface area contributed by atoms with Crippen LogP contribution in [0.3, 0.4) is 0 Å². The molecule has 0 amide bonds. The van der Waals surface area contributed by atoms with E-state index in [0.29, 0.717) is 22.8 Å². The Morgan fingerprint density at radius 3 is 2.55 bits per heavy atom. The maximum atomic E-state index is 11.0. The van der Waals surface area contributed by atoms with Gasteiger partial charge in [-0.1, -0.05) is 11.2 Å². The van der Waals surface area contributed by atoms with Gasteiger partial charge in [-0.3, -0.25) is 4.98 Å². The lowest BCUT2D eigenvalue weighted by Gasteiger charge is -2.01. The number of carbonyl (C=O) groups is 1. The van der Waals surface area contributed by atoms with E-state index in [4.69, 9.17) is 9.63 Å². The molecule has 0 spiro atoms. The molecule has 0 atom stereocenters. The first-order valence-corrected chi connectivity index (χ1v) is 6.65. The van der Waals surface area contributed by atoms with Gasteiger partial charge >= 0.3 is 5.97 Å². The average molecular weight is 295 g/mol. The fourth-order valence-electron chi connectivity index (χ4n) is 2.10. The van der Waals surface area contributed by atoms with Crippen LogP contribution in [0.2, 0.25) is 0 Å².